The fourth-order valence-electron chi connectivity index (χ4n) is 0.169. The van der Waals surface area contributed by atoms with E-state index in [1.54, 1.807) is 0 Å². The van der Waals surface area contributed by atoms with Gasteiger partial charge in [-0.2, -0.15) is 0 Å². The summed E-state index contributed by atoms with van der Waals surface area (Å²) in [5, 5.41) is 8.09. The predicted octanol–water partition coefficient (Wildman–Crippen LogP) is -0.780. The molecule has 0 radical (unpaired) electrons. The predicted molar refractivity (Wildman–Crippen MR) is 28.7 cm³/mol. The first-order valence-corrected chi connectivity index (χ1v) is 2.01. The highest BCUT2D eigenvalue weighted by Gasteiger charge is 2.01. The van der Waals surface area contributed by atoms with Gasteiger partial charge >= 0.3 is 5.97 Å². The first kappa shape index (κ1) is 6.81. The molecule has 0 aromatic heterocycles. The largest absolute Gasteiger partial charge is 0.477 e. The van der Waals surface area contributed by atoms with Crippen LogP contribution in [0.15, 0.2) is 11.4 Å². The van der Waals surface area contributed by atoms with Gasteiger partial charge in [-0.15, -0.1) is 0 Å². The number of carboxylic acids is 1. The number of allylic oxidation sites excluding steroid dienone is 1. The Morgan fingerprint density at radius 3 is 1.88 bits per heavy atom. The van der Waals surface area contributed by atoms with E-state index in [4.69, 9.17) is 16.6 Å². The number of hydrogen-bond acceptors (Lipinski definition) is 3. The molecule has 0 saturated carbocycles. The van der Waals surface area contributed by atoms with E-state index in [-0.39, 0.29) is 11.4 Å². The number of aliphatic carboxylic acids is 1. The van der Waals surface area contributed by atoms with Crippen molar-refractivity contribution in [3.05, 3.63) is 11.4 Å². The standard InChI is InChI=1S/C4H8N2O2/c1-2(5)3(6)4(7)8/h5-6H2,1H3,(H,7,8)/b3-2+. The van der Waals surface area contributed by atoms with Gasteiger partial charge in [-0.3, -0.25) is 0 Å². The molecule has 0 aliphatic rings. The van der Waals surface area contributed by atoms with Crippen molar-refractivity contribution < 1.29 is 9.90 Å². The van der Waals surface area contributed by atoms with Crippen molar-refractivity contribution in [2.24, 2.45) is 11.5 Å². The number of hydrogen-bond donors (Lipinski definition) is 3. The van der Waals surface area contributed by atoms with Crippen LogP contribution in [0.1, 0.15) is 6.92 Å². The Kier molecular flexibility index (Phi) is 1.88. The van der Waals surface area contributed by atoms with Crippen LogP contribution in [-0.4, -0.2) is 11.1 Å². The van der Waals surface area contributed by atoms with Crippen molar-refractivity contribution in [3.8, 4) is 0 Å². The topological polar surface area (TPSA) is 89.3 Å². The van der Waals surface area contributed by atoms with Gasteiger partial charge < -0.3 is 16.6 Å². The molecule has 0 rings (SSSR count). The van der Waals surface area contributed by atoms with Crippen LogP contribution in [-0.2, 0) is 4.79 Å². The molecule has 4 heteroatoms. The van der Waals surface area contributed by atoms with E-state index in [0.717, 1.165) is 0 Å². The van der Waals surface area contributed by atoms with Crippen LogP contribution >= 0.6 is 0 Å². The lowest BCUT2D eigenvalue weighted by Gasteiger charge is -1.93. The molecule has 0 saturated heterocycles. The average Bonchev–Trinajstić information content (AvgIpc) is 1.64. The number of carbonyl (C=O) groups is 1. The summed E-state index contributed by atoms with van der Waals surface area (Å²) in [4.78, 5) is 9.88. The molecule has 0 heterocycles. The molecule has 0 aromatic carbocycles. The lowest BCUT2D eigenvalue weighted by atomic mass is 10.4. The van der Waals surface area contributed by atoms with Gasteiger partial charge in [-0.05, 0) is 6.92 Å². The average molecular weight is 116 g/mol. The lowest BCUT2D eigenvalue weighted by molar-refractivity contribution is -0.132. The van der Waals surface area contributed by atoms with Crippen molar-refractivity contribution in [3.63, 3.8) is 0 Å². The zero-order valence-corrected chi connectivity index (χ0v) is 4.51. The second-order valence-electron chi connectivity index (χ2n) is 1.40. The van der Waals surface area contributed by atoms with Gasteiger partial charge in [-0.1, -0.05) is 0 Å². The van der Waals surface area contributed by atoms with Gasteiger partial charge in [0, 0.05) is 5.70 Å². The molecule has 0 aromatic rings. The molecule has 0 amide bonds. The fourth-order valence-corrected chi connectivity index (χ4v) is 0.169. The monoisotopic (exact) mass is 116 g/mol. The maximum Gasteiger partial charge on any atom is 0.353 e. The Morgan fingerprint density at radius 1 is 1.50 bits per heavy atom. The molecule has 0 aliphatic heterocycles. The molecule has 0 fully saturated rings. The second-order valence-corrected chi connectivity index (χ2v) is 1.40. The number of nitrogens with two attached hydrogens (primary N) is 2. The fraction of sp³-hybridized carbons (Fsp3) is 0.250. The van der Waals surface area contributed by atoms with Crippen molar-refractivity contribution in [2.45, 2.75) is 6.92 Å². The molecule has 0 atom stereocenters. The van der Waals surface area contributed by atoms with Crippen molar-refractivity contribution in [1.82, 2.24) is 0 Å². The summed E-state index contributed by atoms with van der Waals surface area (Å²) < 4.78 is 0. The van der Waals surface area contributed by atoms with Crippen molar-refractivity contribution in [1.29, 1.82) is 0 Å². The summed E-state index contributed by atoms with van der Waals surface area (Å²) in [5.41, 5.74) is 9.77. The minimum atomic E-state index is -1.18. The molecule has 8 heavy (non-hydrogen) atoms. The summed E-state index contributed by atoms with van der Waals surface area (Å²) in [6.45, 7) is 1.43. The normalized spacial score (nSPS) is 12.6. The highest BCUT2D eigenvalue weighted by atomic mass is 16.4. The van der Waals surface area contributed by atoms with Crippen LogP contribution in [0.3, 0.4) is 0 Å². The summed E-state index contributed by atoms with van der Waals surface area (Å²) in [7, 11) is 0. The molecule has 0 unspecified atom stereocenters. The van der Waals surface area contributed by atoms with E-state index >= 15 is 0 Å². The van der Waals surface area contributed by atoms with Gasteiger partial charge in [0.05, 0.1) is 0 Å². The Morgan fingerprint density at radius 2 is 1.88 bits per heavy atom. The number of rotatable bonds is 1. The zero-order valence-electron chi connectivity index (χ0n) is 4.51. The van der Waals surface area contributed by atoms with E-state index in [9.17, 15) is 4.79 Å². The van der Waals surface area contributed by atoms with Gasteiger partial charge in [0.15, 0.2) is 0 Å². The SMILES string of the molecule is C/C(N)=C(\N)C(=O)O. The van der Waals surface area contributed by atoms with E-state index in [1.165, 1.54) is 6.92 Å². The van der Waals surface area contributed by atoms with Gasteiger partial charge in [0.1, 0.15) is 5.70 Å². The Bertz CT molecular complexity index is 135. The highest BCUT2D eigenvalue weighted by Crippen LogP contribution is 1.86. The van der Waals surface area contributed by atoms with E-state index in [2.05, 4.69) is 0 Å². The summed E-state index contributed by atoms with van der Waals surface area (Å²) >= 11 is 0. The van der Waals surface area contributed by atoms with Gasteiger partial charge in [0.2, 0.25) is 0 Å². The third kappa shape index (κ3) is 1.51. The third-order valence-corrected chi connectivity index (χ3v) is 0.655. The molecule has 0 bridgehead atoms. The van der Waals surface area contributed by atoms with Crippen molar-refractivity contribution >= 4 is 5.97 Å². The van der Waals surface area contributed by atoms with Crippen LogP contribution in [0.25, 0.3) is 0 Å². The number of carboxylic acid groups (broad SMARTS) is 1. The molecule has 0 spiro atoms. The minimum absolute atomic E-state index is 0.137. The van der Waals surface area contributed by atoms with Crippen molar-refractivity contribution in [2.75, 3.05) is 0 Å². The molecule has 5 N–H and O–H groups in total. The Balaban J connectivity index is 4.23. The van der Waals surface area contributed by atoms with Crippen LogP contribution < -0.4 is 11.5 Å². The van der Waals surface area contributed by atoms with E-state index < -0.39 is 5.97 Å². The van der Waals surface area contributed by atoms with Crippen LogP contribution in [0.5, 0.6) is 0 Å². The molecule has 0 aliphatic carbocycles. The van der Waals surface area contributed by atoms with E-state index in [0.29, 0.717) is 0 Å². The molecule has 46 valence electrons. The smallest absolute Gasteiger partial charge is 0.353 e. The highest BCUT2D eigenvalue weighted by molar-refractivity contribution is 5.85. The molecular weight excluding hydrogens is 108 g/mol. The van der Waals surface area contributed by atoms with Crippen LogP contribution in [0.4, 0.5) is 0 Å². The third-order valence-electron chi connectivity index (χ3n) is 0.655. The zero-order chi connectivity index (χ0) is 6.73. The van der Waals surface area contributed by atoms with Gasteiger partial charge in [-0.25, -0.2) is 4.79 Å². The second kappa shape index (κ2) is 2.20. The quantitative estimate of drug-likeness (QED) is 0.392. The van der Waals surface area contributed by atoms with E-state index in [1.807, 2.05) is 0 Å². The Hall–Kier alpha value is -1.19. The first-order chi connectivity index (χ1) is 3.55. The maximum absolute atomic E-state index is 9.88. The minimum Gasteiger partial charge on any atom is -0.477 e. The Labute approximate surface area is 46.8 Å². The van der Waals surface area contributed by atoms with Gasteiger partial charge in [0.25, 0.3) is 0 Å². The summed E-state index contributed by atoms with van der Waals surface area (Å²) in [6, 6.07) is 0. The lowest BCUT2D eigenvalue weighted by Crippen LogP contribution is -2.15. The van der Waals surface area contributed by atoms with Crippen LogP contribution in [0.2, 0.25) is 0 Å². The summed E-state index contributed by atoms with van der Waals surface area (Å²) in [5.74, 6) is -1.18. The van der Waals surface area contributed by atoms with Crippen LogP contribution in [0, 0.1) is 0 Å². The maximum atomic E-state index is 9.88. The molecular formula is C4H8N2O2. The summed E-state index contributed by atoms with van der Waals surface area (Å²) in [6.07, 6.45) is 0. The first-order valence-electron chi connectivity index (χ1n) is 2.01. The molecule has 4 nitrogen and oxygen atoms in total.